The van der Waals surface area contributed by atoms with Gasteiger partial charge >= 0.3 is 0 Å². The van der Waals surface area contributed by atoms with E-state index in [-0.39, 0.29) is 10.8 Å². The standard InChI is InChI=1S/C16H24N2O3S/c1-5-17(3)13-8-9-18(11-13)16(19)15-10-14(22(4,20)21)7-6-12(15)2/h6-7,10,13H,5,8-9,11H2,1-4H3. The number of benzene rings is 1. The van der Waals surface area contributed by atoms with Gasteiger partial charge in [-0.05, 0) is 44.6 Å². The highest BCUT2D eigenvalue weighted by Crippen LogP contribution is 2.21. The summed E-state index contributed by atoms with van der Waals surface area (Å²) in [6, 6.07) is 5.14. The van der Waals surface area contributed by atoms with Crippen molar-refractivity contribution in [1.82, 2.24) is 9.80 Å². The summed E-state index contributed by atoms with van der Waals surface area (Å²) in [5.41, 5.74) is 1.30. The fraction of sp³-hybridized carbons (Fsp3) is 0.562. The summed E-state index contributed by atoms with van der Waals surface area (Å²) in [5.74, 6) is -0.0741. The number of amides is 1. The van der Waals surface area contributed by atoms with Crippen LogP contribution in [-0.2, 0) is 9.84 Å². The van der Waals surface area contributed by atoms with Crippen LogP contribution in [0.1, 0.15) is 29.3 Å². The van der Waals surface area contributed by atoms with Crippen LogP contribution in [0.2, 0.25) is 0 Å². The Kier molecular flexibility index (Phi) is 4.92. The molecule has 1 saturated heterocycles. The summed E-state index contributed by atoms with van der Waals surface area (Å²) in [7, 11) is -1.24. The Morgan fingerprint density at radius 2 is 2.09 bits per heavy atom. The van der Waals surface area contributed by atoms with Crippen LogP contribution in [-0.4, -0.2) is 63.1 Å². The molecule has 1 aromatic rings. The van der Waals surface area contributed by atoms with Crippen molar-refractivity contribution in [1.29, 1.82) is 0 Å². The summed E-state index contributed by atoms with van der Waals surface area (Å²) < 4.78 is 23.4. The van der Waals surface area contributed by atoms with Gasteiger partial charge in [-0.1, -0.05) is 13.0 Å². The van der Waals surface area contributed by atoms with Gasteiger partial charge in [-0.2, -0.15) is 0 Å². The first-order valence-electron chi connectivity index (χ1n) is 7.54. The molecule has 0 aliphatic carbocycles. The average molecular weight is 324 g/mol. The molecule has 0 aromatic heterocycles. The summed E-state index contributed by atoms with van der Waals surface area (Å²) in [5, 5.41) is 0. The third kappa shape index (κ3) is 3.50. The minimum Gasteiger partial charge on any atom is -0.337 e. The second-order valence-corrected chi connectivity index (χ2v) is 8.03. The van der Waals surface area contributed by atoms with Crippen LogP contribution < -0.4 is 0 Å². The molecule has 1 fully saturated rings. The lowest BCUT2D eigenvalue weighted by Gasteiger charge is -2.23. The minimum absolute atomic E-state index is 0.0741. The van der Waals surface area contributed by atoms with Crippen LogP contribution in [0.5, 0.6) is 0 Å². The van der Waals surface area contributed by atoms with E-state index < -0.39 is 9.84 Å². The van der Waals surface area contributed by atoms with E-state index in [4.69, 9.17) is 0 Å². The highest BCUT2D eigenvalue weighted by atomic mass is 32.2. The zero-order valence-electron chi connectivity index (χ0n) is 13.7. The summed E-state index contributed by atoms with van der Waals surface area (Å²) in [6.07, 6.45) is 2.12. The molecular formula is C16H24N2O3S. The van der Waals surface area contributed by atoms with Gasteiger partial charge in [0, 0.05) is 31.0 Å². The van der Waals surface area contributed by atoms with Crippen molar-refractivity contribution in [2.45, 2.75) is 31.2 Å². The summed E-state index contributed by atoms with van der Waals surface area (Å²) >= 11 is 0. The van der Waals surface area contributed by atoms with Crippen molar-refractivity contribution in [2.75, 3.05) is 32.9 Å². The molecule has 0 radical (unpaired) electrons. The molecule has 1 aromatic carbocycles. The molecule has 2 rings (SSSR count). The maximum atomic E-state index is 12.7. The Hall–Kier alpha value is -1.40. The number of aryl methyl sites for hydroxylation is 1. The fourth-order valence-electron chi connectivity index (χ4n) is 2.78. The molecular weight excluding hydrogens is 300 g/mol. The predicted octanol–water partition coefficient (Wildman–Crippen LogP) is 1.56. The van der Waals surface area contributed by atoms with E-state index in [0.29, 0.717) is 18.2 Å². The van der Waals surface area contributed by atoms with Gasteiger partial charge in [0.05, 0.1) is 4.90 Å². The highest BCUT2D eigenvalue weighted by molar-refractivity contribution is 7.90. The van der Waals surface area contributed by atoms with Crippen LogP contribution >= 0.6 is 0 Å². The predicted molar refractivity (Wildman–Crippen MR) is 86.9 cm³/mol. The summed E-state index contributed by atoms with van der Waals surface area (Å²) in [4.78, 5) is 17.0. The van der Waals surface area contributed by atoms with Crippen LogP contribution in [0.4, 0.5) is 0 Å². The molecule has 6 heteroatoms. The van der Waals surface area contributed by atoms with Crippen LogP contribution in [0, 0.1) is 6.92 Å². The zero-order chi connectivity index (χ0) is 16.5. The van der Waals surface area contributed by atoms with E-state index in [0.717, 1.165) is 31.3 Å². The topological polar surface area (TPSA) is 57.7 Å². The molecule has 1 aliphatic heterocycles. The Balaban J connectivity index is 2.24. The first-order valence-corrected chi connectivity index (χ1v) is 9.43. The smallest absolute Gasteiger partial charge is 0.254 e. The SMILES string of the molecule is CCN(C)C1CCN(C(=O)c2cc(S(C)(=O)=O)ccc2C)C1. The van der Waals surface area contributed by atoms with Crippen LogP contribution in [0.3, 0.4) is 0 Å². The number of likely N-dealkylation sites (N-methyl/N-ethyl adjacent to an activating group) is 1. The molecule has 0 bridgehead atoms. The quantitative estimate of drug-likeness (QED) is 0.843. The zero-order valence-corrected chi connectivity index (χ0v) is 14.5. The van der Waals surface area contributed by atoms with Gasteiger partial charge in [0.25, 0.3) is 5.91 Å². The number of carbonyl (C=O) groups is 1. The maximum absolute atomic E-state index is 12.7. The normalized spacial score (nSPS) is 19.0. The van der Waals surface area contributed by atoms with Gasteiger partial charge in [-0.3, -0.25) is 4.79 Å². The van der Waals surface area contributed by atoms with E-state index in [1.54, 1.807) is 12.1 Å². The lowest BCUT2D eigenvalue weighted by atomic mass is 10.1. The Morgan fingerprint density at radius 1 is 1.41 bits per heavy atom. The molecule has 1 atom stereocenters. The van der Waals surface area contributed by atoms with Gasteiger partial charge in [0.15, 0.2) is 9.84 Å². The Labute approximate surface area is 132 Å². The molecule has 22 heavy (non-hydrogen) atoms. The lowest BCUT2D eigenvalue weighted by molar-refractivity contribution is 0.0780. The molecule has 1 amide bonds. The minimum atomic E-state index is -3.31. The summed E-state index contributed by atoms with van der Waals surface area (Å²) in [6.45, 7) is 6.31. The van der Waals surface area contributed by atoms with Gasteiger partial charge in [0.2, 0.25) is 0 Å². The van der Waals surface area contributed by atoms with E-state index in [2.05, 4.69) is 18.9 Å². The number of likely N-dealkylation sites (tertiary alicyclic amines) is 1. The van der Waals surface area contributed by atoms with Gasteiger partial charge in [0.1, 0.15) is 0 Å². The molecule has 1 aliphatic rings. The molecule has 0 saturated carbocycles. The molecule has 122 valence electrons. The van der Waals surface area contributed by atoms with E-state index >= 15 is 0 Å². The van der Waals surface area contributed by atoms with Crippen molar-refractivity contribution in [2.24, 2.45) is 0 Å². The second kappa shape index (κ2) is 6.38. The van der Waals surface area contributed by atoms with Crippen molar-refractivity contribution >= 4 is 15.7 Å². The number of nitrogens with zero attached hydrogens (tertiary/aromatic N) is 2. The van der Waals surface area contributed by atoms with Crippen molar-refractivity contribution in [3.05, 3.63) is 29.3 Å². The van der Waals surface area contributed by atoms with E-state index in [1.165, 1.54) is 6.07 Å². The van der Waals surface area contributed by atoms with Crippen molar-refractivity contribution < 1.29 is 13.2 Å². The maximum Gasteiger partial charge on any atom is 0.254 e. The number of hydrogen-bond acceptors (Lipinski definition) is 4. The Bertz CT molecular complexity index is 670. The van der Waals surface area contributed by atoms with Gasteiger partial charge < -0.3 is 9.80 Å². The molecule has 0 N–H and O–H groups in total. The van der Waals surface area contributed by atoms with Gasteiger partial charge in [-0.15, -0.1) is 0 Å². The number of carbonyl (C=O) groups excluding carboxylic acids is 1. The van der Waals surface area contributed by atoms with Gasteiger partial charge in [-0.25, -0.2) is 8.42 Å². The number of sulfone groups is 1. The third-order valence-corrected chi connectivity index (χ3v) is 5.55. The van der Waals surface area contributed by atoms with Crippen molar-refractivity contribution in [3.8, 4) is 0 Å². The largest absolute Gasteiger partial charge is 0.337 e. The number of rotatable bonds is 4. The second-order valence-electron chi connectivity index (χ2n) is 6.02. The molecule has 1 heterocycles. The number of hydrogen-bond donors (Lipinski definition) is 0. The monoisotopic (exact) mass is 324 g/mol. The lowest BCUT2D eigenvalue weighted by Crippen LogP contribution is -2.36. The molecule has 1 unspecified atom stereocenters. The van der Waals surface area contributed by atoms with E-state index in [1.807, 2.05) is 11.8 Å². The highest BCUT2D eigenvalue weighted by Gasteiger charge is 2.29. The van der Waals surface area contributed by atoms with Crippen molar-refractivity contribution in [3.63, 3.8) is 0 Å². The molecule has 0 spiro atoms. The van der Waals surface area contributed by atoms with E-state index in [9.17, 15) is 13.2 Å². The van der Waals surface area contributed by atoms with Crippen LogP contribution in [0.25, 0.3) is 0 Å². The van der Waals surface area contributed by atoms with Crippen LogP contribution in [0.15, 0.2) is 23.1 Å². The first-order chi connectivity index (χ1) is 10.2. The average Bonchev–Trinajstić information content (AvgIpc) is 2.94. The first kappa shape index (κ1) is 17.0. The molecule has 5 nitrogen and oxygen atoms in total. The Morgan fingerprint density at radius 3 is 2.68 bits per heavy atom. The third-order valence-electron chi connectivity index (χ3n) is 4.44. The fourth-order valence-corrected chi connectivity index (χ4v) is 3.42.